The Labute approximate surface area is 169 Å². The first-order valence-electron chi connectivity index (χ1n) is 8.99. The molecular formula is C22H23N3O2S. The Hall–Kier alpha value is -2.99. The number of anilines is 1. The second kappa shape index (κ2) is 8.80. The molecule has 1 heterocycles. The second-order valence-corrected chi connectivity index (χ2v) is 7.53. The van der Waals surface area contributed by atoms with E-state index in [1.54, 1.807) is 11.3 Å². The van der Waals surface area contributed by atoms with Crippen LogP contribution in [0.2, 0.25) is 0 Å². The summed E-state index contributed by atoms with van der Waals surface area (Å²) in [5.41, 5.74) is 6.50. The van der Waals surface area contributed by atoms with Gasteiger partial charge in [-0.05, 0) is 38.8 Å². The van der Waals surface area contributed by atoms with E-state index in [-0.39, 0.29) is 12.5 Å². The number of aryl methyl sites for hydroxylation is 3. The van der Waals surface area contributed by atoms with Crippen LogP contribution in [0, 0.1) is 20.8 Å². The molecule has 0 spiro atoms. The highest BCUT2D eigenvalue weighted by Crippen LogP contribution is 2.24. The fourth-order valence-electron chi connectivity index (χ4n) is 2.94. The first kappa shape index (κ1) is 19.8. The summed E-state index contributed by atoms with van der Waals surface area (Å²) in [6.45, 7) is 7.65. The molecule has 0 fully saturated rings. The summed E-state index contributed by atoms with van der Waals surface area (Å²) in [7, 11) is 0. The summed E-state index contributed by atoms with van der Waals surface area (Å²) in [4.78, 5) is 22.0. The quantitative estimate of drug-likeness (QED) is 0.467. The number of nitrogens with one attached hydrogen (secondary N) is 1. The van der Waals surface area contributed by atoms with Crippen LogP contribution in [0.5, 0.6) is 0 Å². The monoisotopic (exact) mass is 393 g/mol. The zero-order valence-corrected chi connectivity index (χ0v) is 17.3. The number of rotatable bonds is 6. The minimum absolute atomic E-state index is 0.153. The van der Waals surface area contributed by atoms with E-state index in [1.807, 2.05) is 75.5 Å². The third-order valence-corrected chi connectivity index (χ3v) is 5.13. The Morgan fingerprint density at radius 2 is 1.82 bits per heavy atom. The first-order chi connectivity index (χ1) is 13.4. The fourth-order valence-corrected chi connectivity index (χ4v) is 3.81. The SMILES string of the molecule is C/C(=N\OCC(=O)Nc1c(C)cc(C)cc1C)c1csc(-c2ccccc2)n1. The van der Waals surface area contributed by atoms with Gasteiger partial charge in [0.05, 0.1) is 5.69 Å². The zero-order chi connectivity index (χ0) is 20.1. The lowest BCUT2D eigenvalue weighted by molar-refractivity contribution is -0.120. The summed E-state index contributed by atoms with van der Waals surface area (Å²) in [6, 6.07) is 14.1. The number of carbonyl (C=O) groups excluding carboxylic acids is 1. The van der Waals surface area contributed by atoms with Gasteiger partial charge < -0.3 is 10.2 Å². The third kappa shape index (κ3) is 4.84. The molecular weight excluding hydrogens is 370 g/mol. The van der Waals surface area contributed by atoms with Crippen molar-refractivity contribution in [1.82, 2.24) is 4.98 Å². The van der Waals surface area contributed by atoms with Gasteiger partial charge in [0.2, 0.25) is 0 Å². The molecule has 0 radical (unpaired) electrons. The molecule has 0 unspecified atom stereocenters. The number of amides is 1. The van der Waals surface area contributed by atoms with E-state index in [2.05, 4.69) is 15.5 Å². The molecule has 0 aliphatic heterocycles. The largest absolute Gasteiger partial charge is 0.385 e. The average Bonchev–Trinajstić information content (AvgIpc) is 3.15. The van der Waals surface area contributed by atoms with Crippen molar-refractivity contribution in [2.75, 3.05) is 11.9 Å². The summed E-state index contributed by atoms with van der Waals surface area (Å²) < 4.78 is 0. The van der Waals surface area contributed by atoms with Crippen LogP contribution in [0.15, 0.2) is 53.0 Å². The number of carbonyl (C=O) groups is 1. The van der Waals surface area contributed by atoms with Crippen LogP contribution in [-0.2, 0) is 9.63 Å². The maximum Gasteiger partial charge on any atom is 0.265 e. The molecule has 2 aromatic carbocycles. The van der Waals surface area contributed by atoms with Crippen LogP contribution in [0.3, 0.4) is 0 Å². The summed E-state index contributed by atoms with van der Waals surface area (Å²) >= 11 is 1.55. The molecule has 0 atom stereocenters. The summed E-state index contributed by atoms with van der Waals surface area (Å²) in [6.07, 6.45) is 0. The standard InChI is InChI=1S/C22H23N3O2S/c1-14-10-15(2)21(16(3)11-14)24-20(26)12-27-25-17(4)19-13-28-22(23-19)18-8-6-5-7-9-18/h5-11,13H,12H2,1-4H3,(H,24,26)/b25-17+. The summed E-state index contributed by atoms with van der Waals surface area (Å²) in [5, 5.41) is 9.80. The molecule has 0 saturated carbocycles. The second-order valence-electron chi connectivity index (χ2n) is 6.68. The van der Waals surface area contributed by atoms with E-state index >= 15 is 0 Å². The van der Waals surface area contributed by atoms with E-state index in [1.165, 1.54) is 5.56 Å². The van der Waals surface area contributed by atoms with Crippen LogP contribution in [0.4, 0.5) is 5.69 Å². The number of hydrogen-bond acceptors (Lipinski definition) is 5. The van der Waals surface area contributed by atoms with E-state index in [0.29, 0.717) is 5.71 Å². The average molecular weight is 394 g/mol. The highest BCUT2D eigenvalue weighted by Gasteiger charge is 2.10. The van der Waals surface area contributed by atoms with Crippen molar-refractivity contribution in [3.63, 3.8) is 0 Å². The van der Waals surface area contributed by atoms with Crippen LogP contribution >= 0.6 is 11.3 Å². The van der Waals surface area contributed by atoms with E-state index < -0.39 is 0 Å². The van der Waals surface area contributed by atoms with Crippen molar-refractivity contribution in [1.29, 1.82) is 0 Å². The van der Waals surface area contributed by atoms with Crippen molar-refractivity contribution >= 4 is 28.6 Å². The van der Waals surface area contributed by atoms with Crippen LogP contribution in [-0.4, -0.2) is 23.2 Å². The minimum atomic E-state index is -0.241. The zero-order valence-electron chi connectivity index (χ0n) is 16.4. The Kier molecular flexibility index (Phi) is 6.21. The van der Waals surface area contributed by atoms with E-state index in [0.717, 1.165) is 33.1 Å². The van der Waals surface area contributed by atoms with Gasteiger partial charge in [-0.25, -0.2) is 4.98 Å². The maximum absolute atomic E-state index is 12.2. The molecule has 28 heavy (non-hydrogen) atoms. The number of oxime groups is 1. The lowest BCUT2D eigenvalue weighted by Crippen LogP contribution is -2.18. The number of nitrogens with zero attached hydrogens (tertiary/aromatic N) is 2. The molecule has 0 aliphatic rings. The van der Waals surface area contributed by atoms with Crippen molar-refractivity contribution in [2.45, 2.75) is 27.7 Å². The van der Waals surface area contributed by atoms with Crippen molar-refractivity contribution in [3.8, 4) is 10.6 Å². The van der Waals surface area contributed by atoms with Gasteiger partial charge in [0.15, 0.2) is 6.61 Å². The molecule has 0 aliphatic carbocycles. The number of hydrogen-bond donors (Lipinski definition) is 1. The third-order valence-electron chi connectivity index (χ3n) is 4.23. The predicted octanol–water partition coefficient (Wildman–Crippen LogP) is 5.11. The number of benzene rings is 2. The fraction of sp³-hybridized carbons (Fsp3) is 0.227. The highest BCUT2D eigenvalue weighted by molar-refractivity contribution is 7.13. The van der Waals surface area contributed by atoms with Gasteiger partial charge in [-0.15, -0.1) is 11.3 Å². The lowest BCUT2D eigenvalue weighted by Gasteiger charge is -2.12. The predicted molar refractivity (Wildman–Crippen MR) is 115 cm³/mol. The van der Waals surface area contributed by atoms with Gasteiger partial charge in [0, 0.05) is 16.6 Å². The van der Waals surface area contributed by atoms with Gasteiger partial charge in [0.25, 0.3) is 5.91 Å². The van der Waals surface area contributed by atoms with Crippen molar-refractivity contribution < 1.29 is 9.63 Å². The smallest absolute Gasteiger partial charge is 0.265 e. The molecule has 5 nitrogen and oxygen atoms in total. The summed E-state index contributed by atoms with van der Waals surface area (Å²) in [5.74, 6) is -0.241. The molecule has 3 rings (SSSR count). The normalized spacial score (nSPS) is 11.4. The molecule has 144 valence electrons. The number of aromatic nitrogens is 1. The van der Waals surface area contributed by atoms with E-state index in [9.17, 15) is 4.79 Å². The Morgan fingerprint density at radius 3 is 2.50 bits per heavy atom. The molecule has 1 aromatic heterocycles. The molecule has 6 heteroatoms. The molecule has 1 N–H and O–H groups in total. The number of thiazole rings is 1. The molecule has 0 saturated heterocycles. The minimum Gasteiger partial charge on any atom is -0.385 e. The molecule has 1 amide bonds. The van der Waals surface area contributed by atoms with Crippen molar-refractivity contribution in [2.24, 2.45) is 5.16 Å². The highest BCUT2D eigenvalue weighted by atomic mass is 32.1. The molecule has 3 aromatic rings. The van der Waals surface area contributed by atoms with Gasteiger partial charge in [-0.3, -0.25) is 4.79 Å². The first-order valence-corrected chi connectivity index (χ1v) is 9.87. The van der Waals surface area contributed by atoms with Crippen LogP contribution in [0.25, 0.3) is 10.6 Å². The maximum atomic E-state index is 12.2. The van der Waals surface area contributed by atoms with Gasteiger partial charge in [-0.2, -0.15) is 0 Å². The molecule has 0 bridgehead atoms. The van der Waals surface area contributed by atoms with Crippen molar-refractivity contribution in [3.05, 3.63) is 70.2 Å². The van der Waals surface area contributed by atoms with Crippen LogP contribution < -0.4 is 5.32 Å². The van der Waals surface area contributed by atoms with E-state index in [4.69, 9.17) is 4.84 Å². The lowest BCUT2D eigenvalue weighted by atomic mass is 10.1. The van der Waals surface area contributed by atoms with Gasteiger partial charge in [0.1, 0.15) is 10.7 Å². The van der Waals surface area contributed by atoms with Gasteiger partial charge >= 0.3 is 0 Å². The topological polar surface area (TPSA) is 63.6 Å². The van der Waals surface area contributed by atoms with Gasteiger partial charge in [-0.1, -0.05) is 53.2 Å². The Morgan fingerprint density at radius 1 is 1.14 bits per heavy atom. The Bertz CT molecular complexity index is 987. The van der Waals surface area contributed by atoms with Crippen LogP contribution in [0.1, 0.15) is 29.3 Å². The Balaban J connectivity index is 1.59.